The van der Waals surface area contributed by atoms with E-state index in [4.69, 9.17) is 9.29 Å². The first-order chi connectivity index (χ1) is 13.7. The van der Waals surface area contributed by atoms with Gasteiger partial charge in [-0.3, -0.25) is 4.55 Å². The van der Waals surface area contributed by atoms with Crippen LogP contribution >= 0.6 is 11.8 Å². The maximum atomic E-state index is 11.1. The summed E-state index contributed by atoms with van der Waals surface area (Å²) in [5, 5.41) is 52.0. The molecule has 1 heterocycles. The molecule has 1 rings (SSSR count). The number of ether oxygens (including phenoxy) is 1. The summed E-state index contributed by atoms with van der Waals surface area (Å²) in [6, 6.07) is 0. The summed E-state index contributed by atoms with van der Waals surface area (Å²) in [4.78, 5) is 0. The molecule has 0 amide bonds. The minimum absolute atomic E-state index is 0.00184. The lowest BCUT2D eigenvalue weighted by Gasteiger charge is -2.39. The molecule has 1 aliphatic heterocycles. The maximum Gasteiger partial charge on any atom is 0.466 e. The van der Waals surface area contributed by atoms with Crippen molar-refractivity contribution in [2.75, 3.05) is 18.6 Å². The lowest BCUT2D eigenvalue weighted by molar-refractivity contribution is -0.205. The Morgan fingerprint density at radius 2 is 1.77 bits per heavy atom. The highest BCUT2D eigenvalue weighted by Crippen LogP contribution is 2.30. The Morgan fingerprint density at radius 3 is 2.30 bits per heavy atom. The van der Waals surface area contributed by atoms with Crippen LogP contribution in [-0.4, -0.2) is 107 Å². The fraction of sp³-hybridized carbons (Fsp3) is 0.929. The van der Waals surface area contributed by atoms with Crippen LogP contribution in [0.5, 0.6) is 0 Å². The lowest BCUT2D eigenvalue weighted by Crippen LogP contribution is -2.57. The van der Waals surface area contributed by atoms with Gasteiger partial charge in [-0.15, -0.1) is 0 Å². The van der Waals surface area contributed by atoms with Crippen LogP contribution in [0.2, 0.25) is 0 Å². The van der Waals surface area contributed by atoms with Crippen molar-refractivity contribution < 1.29 is 55.9 Å². The molecule has 13 nitrogen and oxygen atoms in total. The molecule has 0 aromatic heterocycles. The first-order valence-electron chi connectivity index (χ1n) is 8.79. The van der Waals surface area contributed by atoms with Crippen molar-refractivity contribution in [2.24, 2.45) is 5.16 Å². The monoisotopic (exact) mass is 497 g/mol. The van der Waals surface area contributed by atoms with Gasteiger partial charge in [-0.1, -0.05) is 16.9 Å². The molecule has 30 heavy (non-hydrogen) atoms. The molecule has 1 fully saturated rings. The van der Waals surface area contributed by atoms with Crippen LogP contribution in [0.4, 0.5) is 0 Å². The number of sulfone groups is 1. The van der Waals surface area contributed by atoms with Gasteiger partial charge in [0.05, 0.1) is 12.7 Å². The number of hydrogen-bond acceptors (Lipinski definition) is 13. The van der Waals surface area contributed by atoms with Gasteiger partial charge in [-0.25, -0.2) is 12.7 Å². The average Bonchev–Trinajstić information content (AvgIpc) is 2.62. The van der Waals surface area contributed by atoms with Crippen molar-refractivity contribution in [3.8, 4) is 0 Å². The summed E-state index contributed by atoms with van der Waals surface area (Å²) in [5.74, 6) is -0.115. The Labute approximate surface area is 178 Å². The molecule has 6 N–H and O–H groups in total. The van der Waals surface area contributed by atoms with E-state index < -0.39 is 62.8 Å². The van der Waals surface area contributed by atoms with Gasteiger partial charge in [0.25, 0.3) is 0 Å². The molecule has 6 atom stereocenters. The highest BCUT2D eigenvalue weighted by molar-refractivity contribution is 8.14. The van der Waals surface area contributed by atoms with Crippen LogP contribution in [0.25, 0.3) is 0 Å². The van der Waals surface area contributed by atoms with Crippen molar-refractivity contribution in [1.29, 1.82) is 0 Å². The van der Waals surface area contributed by atoms with Gasteiger partial charge in [0.2, 0.25) is 0 Å². The van der Waals surface area contributed by atoms with E-state index >= 15 is 0 Å². The van der Waals surface area contributed by atoms with E-state index in [1.165, 1.54) is 0 Å². The van der Waals surface area contributed by atoms with Crippen molar-refractivity contribution in [3.05, 3.63) is 0 Å². The molecule has 0 aromatic rings. The van der Waals surface area contributed by atoms with Gasteiger partial charge < -0.3 is 30.3 Å². The molecule has 6 unspecified atom stereocenters. The standard InChI is InChI=1S/C14H27NO12S3/c1-29(21,22)6-2-3-8(17)4-5-10(15-27-30(23,24)25)28-14-13(20)12(19)11(18)9(7-16)26-14/h8-9,11-14,16-20H,2-7H2,1H3,(H,23,24,25). The van der Waals surface area contributed by atoms with Crippen LogP contribution < -0.4 is 0 Å². The smallest absolute Gasteiger partial charge is 0.394 e. The van der Waals surface area contributed by atoms with E-state index in [1.807, 2.05) is 0 Å². The second-order valence-electron chi connectivity index (χ2n) is 6.77. The molecular weight excluding hydrogens is 470 g/mol. The van der Waals surface area contributed by atoms with Crippen molar-refractivity contribution in [2.45, 2.75) is 61.6 Å². The van der Waals surface area contributed by atoms with Crippen LogP contribution in [-0.2, 0) is 29.3 Å². The van der Waals surface area contributed by atoms with Gasteiger partial charge in [0, 0.05) is 18.4 Å². The Kier molecular flexibility index (Phi) is 10.9. The summed E-state index contributed by atoms with van der Waals surface area (Å²) < 4.78 is 61.7. The zero-order valence-electron chi connectivity index (χ0n) is 16.0. The fourth-order valence-corrected chi connectivity index (χ4v) is 4.53. The Hall–Kier alpha value is -0.560. The number of thioether (sulfide) groups is 1. The number of aliphatic hydroxyl groups excluding tert-OH is 5. The zero-order valence-corrected chi connectivity index (χ0v) is 18.5. The molecule has 0 radical (unpaired) electrons. The van der Waals surface area contributed by atoms with E-state index in [1.54, 1.807) is 0 Å². The Balaban J connectivity index is 2.78. The molecular formula is C14H27NO12S3. The SMILES string of the molecule is CS(=O)(=O)CCCC(O)CCC(=NOS(=O)(=O)O)SC1OC(CO)C(O)C(O)C1O. The van der Waals surface area contributed by atoms with Gasteiger partial charge >= 0.3 is 10.4 Å². The molecule has 16 heteroatoms. The third-order valence-corrected chi connectivity index (χ3v) is 6.54. The van der Waals surface area contributed by atoms with Crippen molar-refractivity contribution in [3.63, 3.8) is 0 Å². The molecule has 0 spiro atoms. The minimum atomic E-state index is -4.94. The van der Waals surface area contributed by atoms with Gasteiger partial charge in [-0.2, -0.15) is 8.42 Å². The molecule has 0 bridgehead atoms. The first-order valence-corrected chi connectivity index (χ1v) is 13.1. The predicted octanol–water partition coefficient (Wildman–Crippen LogP) is -2.38. The molecule has 0 aromatic carbocycles. The highest BCUT2D eigenvalue weighted by Gasteiger charge is 2.44. The normalized spacial score (nSPS) is 29.6. The lowest BCUT2D eigenvalue weighted by atomic mass is 10.0. The summed E-state index contributed by atoms with van der Waals surface area (Å²) in [6.45, 7) is -0.672. The maximum absolute atomic E-state index is 11.1. The van der Waals surface area contributed by atoms with E-state index in [0.717, 1.165) is 6.26 Å². The highest BCUT2D eigenvalue weighted by atomic mass is 32.3. The van der Waals surface area contributed by atoms with E-state index in [2.05, 4.69) is 9.44 Å². The van der Waals surface area contributed by atoms with Crippen molar-refractivity contribution in [1.82, 2.24) is 0 Å². The van der Waals surface area contributed by atoms with Gasteiger partial charge in [0.1, 0.15) is 44.7 Å². The third kappa shape index (κ3) is 10.2. The Morgan fingerprint density at radius 1 is 1.13 bits per heavy atom. The zero-order chi connectivity index (χ0) is 23.1. The number of rotatable bonds is 11. The van der Waals surface area contributed by atoms with Crippen LogP contribution in [0.3, 0.4) is 0 Å². The number of hydrogen-bond donors (Lipinski definition) is 6. The van der Waals surface area contributed by atoms with Crippen LogP contribution in [0.15, 0.2) is 5.16 Å². The predicted molar refractivity (Wildman–Crippen MR) is 106 cm³/mol. The number of nitrogens with zero attached hydrogens (tertiary/aromatic N) is 1. The fourth-order valence-electron chi connectivity index (χ4n) is 2.53. The molecule has 178 valence electrons. The van der Waals surface area contributed by atoms with E-state index in [-0.39, 0.29) is 36.5 Å². The number of aliphatic hydroxyl groups is 5. The summed E-state index contributed by atoms with van der Waals surface area (Å²) in [7, 11) is -8.12. The van der Waals surface area contributed by atoms with Crippen LogP contribution in [0.1, 0.15) is 25.7 Å². The Bertz CT molecular complexity index is 769. The molecule has 1 saturated heterocycles. The summed E-state index contributed by atoms with van der Waals surface area (Å²) in [6.07, 6.45) is -5.76. The topological polar surface area (TPSA) is 220 Å². The second-order valence-corrected chi connectivity index (χ2v) is 11.2. The molecule has 1 aliphatic rings. The van der Waals surface area contributed by atoms with E-state index in [9.17, 15) is 42.4 Å². The van der Waals surface area contributed by atoms with Gasteiger partial charge in [0.15, 0.2) is 0 Å². The first kappa shape index (κ1) is 27.5. The quantitative estimate of drug-likeness (QED) is 0.0760. The molecule has 0 saturated carbocycles. The van der Waals surface area contributed by atoms with Crippen molar-refractivity contribution >= 4 is 37.0 Å². The second kappa shape index (κ2) is 11.9. The molecule has 0 aliphatic carbocycles. The van der Waals surface area contributed by atoms with E-state index in [0.29, 0.717) is 11.8 Å². The van der Waals surface area contributed by atoms with Crippen LogP contribution in [0, 0.1) is 0 Å². The average molecular weight is 498 g/mol. The third-order valence-electron chi connectivity index (χ3n) is 4.08. The summed E-state index contributed by atoms with van der Waals surface area (Å²) in [5.41, 5.74) is -1.29. The van der Waals surface area contributed by atoms with Gasteiger partial charge in [-0.05, 0) is 19.3 Å². The largest absolute Gasteiger partial charge is 0.466 e. The summed E-state index contributed by atoms with van der Waals surface area (Å²) >= 11 is 0.597. The number of oxime groups is 1. The minimum Gasteiger partial charge on any atom is -0.394 e.